The Morgan fingerprint density at radius 1 is 1.33 bits per heavy atom. The summed E-state index contributed by atoms with van der Waals surface area (Å²) in [7, 11) is 0. The van der Waals surface area contributed by atoms with E-state index in [2.05, 4.69) is 49.4 Å². The Kier molecular flexibility index (Phi) is 5.55. The monoisotopic (exact) mass is 561 g/mol. The second-order valence-corrected chi connectivity index (χ2v) is 8.98. The van der Waals surface area contributed by atoms with Gasteiger partial charge in [0.25, 0.3) is 0 Å². The van der Waals surface area contributed by atoms with E-state index >= 15 is 0 Å². The first-order valence-corrected chi connectivity index (χ1v) is 11.4. The van der Waals surface area contributed by atoms with E-state index < -0.39 is 23.5 Å². The number of amidine groups is 1. The van der Waals surface area contributed by atoms with Crippen molar-refractivity contribution < 1.29 is 13.2 Å². The van der Waals surface area contributed by atoms with Crippen LogP contribution in [-0.4, -0.2) is 33.8 Å². The fraction of sp³-hybridized carbons (Fsp3) is 0.261. The average molecular weight is 561 g/mol. The van der Waals surface area contributed by atoms with E-state index in [4.69, 9.17) is 4.42 Å². The van der Waals surface area contributed by atoms with Gasteiger partial charge in [0.2, 0.25) is 5.43 Å². The Balaban J connectivity index is 1.69. The molecule has 2 aliphatic heterocycles. The van der Waals surface area contributed by atoms with Crippen molar-refractivity contribution in [1.82, 2.24) is 5.01 Å². The van der Waals surface area contributed by atoms with Crippen molar-refractivity contribution in [3.05, 3.63) is 63.2 Å². The molecule has 0 spiro atoms. The highest BCUT2D eigenvalue weighted by molar-refractivity contribution is 14.1. The third kappa shape index (κ3) is 3.65. The van der Waals surface area contributed by atoms with Crippen molar-refractivity contribution in [2.75, 3.05) is 0 Å². The van der Waals surface area contributed by atoms with Crippen LogP contribution in [0.25, 0.3) is 17.2 Å². The van der Waals surface area contributed by atoms with E-state index in [0.29, 0.717) is 22.9 Å². The number of nitrogens with zero attached hydrogens (tertiary/aromatic N) is 5. The molecule has 0 amide bonds. The fourth-order valence-electron chi connectivity index (χ4n) is 4.27. The smallest absolute Gasteiger partial charge is 0.200 e. The van der Waals surface area contributed by atoms with Crippen LogP contribution in [0.3, 0.4) is 0 Å². The first-order chi connectivity index (χ1) is 15.9. The molecule has 1 aromatic carbocycles. The zero-order valence-electron chi connectivity index (χ0n) is 17.5. The molecular weight excluding hydrogens is 543 g/mol. The second kappa shape index (κ2) is 8.40. The molecular formula is C23H18F2IN5O2. The van der Waals surface area contributed by atoms with Gasteiger partial charge in [0.15, 0.2) is 6.17 Å². The van der Waals surface area contributed by atoms with E-state index in [9.17, 15) is 13.6 Å². The molecule has 168 valence electrons. The maximum absolute atomic E-state index is 14.1. The van der Waals surface area contributed by atoms with E-state index in [1.165, 1.54) is 30.6 Å². The van der Waals surface area contributed by atoms with Crippen LogP contribution in [-0.2, 0) is 6.42 Å². The molecule has 0 radical (unpaired) electrons. The molecule has 2 aromatic rings. The van der Waals surface area contributed by atoms with Gasteiger partial charge >= 0.3 is 0 Å². The Morgan fingerprint density at radius 3 is 2.91 bits per heavy atom. The van der Waals surface area contributed by atoms with Gasteiger partial charge in [0.05, 0.1) is 11.1 Å². The quantitative estimate of drug-likeness (QED) is 0.393. The van der Waals surface area contributed by atoms with Crippen molar-refractivity contribution in [2.24, 2.45) is 26.0 Å². The van der Waals surface area contributed by atoms with Crippen molar-refractivity contribution in [3.8, 4) is 11.1 Å². The van der Waals surface area contributed by atoms with Crippen LogP contribution in [0.1, 0.15) is 36.5 Å². The number of hydrogen-bond donors (Lipinski definition) is 0. The minimum absolute atomic E-state index is 0.154. The molecule has 0 saturated heterocycles. The normalized spacial score (nSPS) is 22.2. The lowest BCUT2D eigenvalue weighted by Gasteiger charge is -2.28. The van der Waals surface area contributed by atoms with Gasteiger partial charge < -0.3 is 4.42 Å². The van der Waals surface area contributed by atoms with Gasteiger partial charge in [-0.25, -0.2) is 23.8 Å². The molecule has 33 heavy (non-hydrogen) atoms. The molecule has 0 bridgehead atoms. The fourth-order valence-corrected chi connectivity index (χ4v) is 5.11. The predicted molar refractivity (Wildman–Crippen MR) is 132 cm³/mol. The van der Waals surface area contributed by atoms with Gasteiger partial charge in [0, 0.05) is 12.8 Å². The number of aliphatic imine (C=N–C) groups is 3. The summed E-state index contributed by atoms with van der Waals surface area (Å²) in [5.74, 6) is 0.149. The third-order valence-corrected chi connectivity index (χ3v) is 6.76. The van der Waals surface area contributed by atoms with Crippen molar-refractivity contribution in [2.45, 2.75) is 32.0 Å². The number of halogens is 3. The lowest BCUT2D eigenvalue weighted by Crippen LogP contribution is -2.37. The Labute approximate surface area is 201 Å². The summed E-state index contributed by atoms with van der Waals surface area (Å²) in [5, 5.41) is 6.31. The van der Waals surface area contributed by atoms with Crippen LogP contribution < -0.4 is 5.43 Å². The van der Waals surface area contributed by atoms with E-state index in [-0.39, 0.29) is 35.7 Å². The number of rotatable bonds is 4. The van der Waals surface area contributed by atoms with Crippen LogP contribution in [0.4, 0.5) is 8.78 Å². The zero-order valence-corrected chi connectivity index (χ0v) is 19.7. The summed E-state index contributed by atoms with van der Waals surface area (Å²) in [5.41, 5.74) is 0.263. The minimum atomic E-state index is -0.567. The van der Waals surface area contributed by atoms with E-state index in [0.717, 1.165) is 3.72 Å². The summed E-state index contributed by atoms with van der Waals surface area (Å²) in [6.45, 7) is 5.43. The topological polar surface area (TPSA) is 82.9 Å². The Morgan fingerprint density at radius 2 is 2.15 bits per heavy atom. The molecule has 3 aliphatic rings. The van der Waals surface area contributed by atoms with Crippen LogP contribution in [0.15, 0.2) is 59.4 Å². The number of hydrogen-bond acceptors (Lipinski definition) is 7. The first-order valence-electron chi connectivity index (χ1n) is 10.3. The summed E-state index contributed by atoms with van der Waals surface area (Å²) >= 11 is 2.12. The number of fused-ring (bicyclic) bond motifs is 2. The maximum atomic E-state index is 14.1. The highest BCUT2D eigenvalue weighted by Gasteiger charge is 2.43. The number of hydrazone groups is 1. The lowest BCUT2D eigenvalue weighted by molar-refractivity contribution is 0.290. The molecule has 1 aromatic heterocycles. The summed E-state index contributed by atoms with van der Waals surface area (Å²) in [6, 6.07) is 5.14. The van der Waals surface area contributed by atoms with Crippen LogP contribution in [0.5, 0.6) is 0 Å². The number of allylic oxidation sites excluding steroid dienone is 1. The molecule has 10 heteroatoms. The SMILES string of the molecule is C=NC1N=CN=C2C1C(I)=NN2C(C)c1oc2c(c(=O)c1-c1cccc(F)c1)C=C(F)CC2. The molecule has 7 nitrogen and oxygen atoms in total. The molecule has 1 aliphatic carbocycles. The summed E-state index contributed by atoms with van der Waals surface area (Å²) in [6.07, 6.45) is 2.59. The highest BCUT2D eigenvalue weighted by atomic mass is 127. The van der Waals surface area contributed by atoms with Gasteiger partial charge in [-0.3, -0.25) is 9.79 Å². The number of aryl methyl sites for hydroxylation is 1. The molecule has 5 rings (SSSR count). The minimum Gasteiger partial charge on any atom is -0.462 e. The zero-order chi connectivity index (χ0) is 23.3. The summed E-state index contributed by atoms with van der Waals surface area (Å²) in [4.78, 5) is 26.3. The largest absolute Gasteiger partial charge is 0.462 e. The molecule has 3 unspecified atom stereocenters. The maximum Gasteiger partial charge on any atom is 0.200 e. The van der Waals surface area contributed by atoms with E-state index in [1.807, 2.05) is 6.92 Å². The predicted octanol–water partition coefficient (Wildman–Crippen LogP) is 4.91. The van der Waals surface area contributed by atoms with Gasteiger partial charge in [-0.05, 0) is 60.0 Å². The van der Waals surface area contributed by atoms with Gasteiger partial charge in [-0.2, -0.15) is 5.10 Å². The second-order valence-electron chi connectivity index (χ2n) is 7.88. The number of benzene rings is 1. The standard InChI is InChI=1S/C23H18F2IN5O2/c1-11(31-23-18(21(26)30-31)22(27-2)28-10-29-23)20-17(12-4-3-5-13(24)8-12)19(32)15-9-14(25)6-7-16(15)33-20/h3-5,8-11,18,22H,2,6-7H2,1H3. The molecule has 3 atom stereocenters. The lowest BCUT2D eigenvalue weighted by atomic mass is 9.94. The Bertz CT molecular complexity index is 1350. The van der Waals surface area contributed by atoms with E-state index in [1.54, 1.807) is 11.1 Å². The van der Waals surface area contributed by atoms with Gasteiger partial charge in [-0.15, -0.1) is 0 Å². The first kappa shape index (κ1) is 21.8. The van der Waals surface area contributed by atoms with Gasteiger partial charge in [-0.1, -0.05) is 12.1 Å². The molecule has 0 fully saturated rings. The average Bonchev–Trinajstić information content (AvgIpc) is 3.15. The van der Waals surface area contributed by atoms with Crippen LogP contribution >= 0.6 is 22.6 Å². The molecule has 3 heterocycles. The van der Waals surface area contributed by atoms with Gasteiger partial charge in [0.1, 0.15) is 51.0 Å². The van der Waals surface area contributed by atoms with Crippen molar-refractivity contribution in [1.29, 1.82) is 0 Å². The van der Waals surface area contributed by atoms with Crippen molar-refractivity contribution >= 4 is 51.3 Å². The van der Waals surface area contributed by atoms with Crippen molar-refractivity contribution in [3.63, 3.8) is 0 Å². The molecule has 0 saturated carbocycles. The highest BCUT2D eigenvalue weighted by Crippen LogP contribution is 2.38. The van der Waals surface area contributed by atoms with Crippen LogP contribution in [0.2, 0.25) is 0 Å². The molecule has 0 N–H and O–H groups in total. The Hall–Kier alpha value is -3.02. The van der Waals surface area contributed by atoms with Crippen LogP contribution in [0, 0.1) is 11.7 Å². The summed E-state index contributed by atoms with van der Waals surface area (Å²) < 4.78 is 35.0. The third-order valence-electron chi connectivity index (χ3n) is 5.87.